The number of ether oxygens (including phenoxy) is 1. The second kappa shape index (κ2) is 8.65. The molecule has 2 amide bonds. The van der Waals surface area contributed by atoms with Gasteiger partial charge >= 0.3 is 5.97 Å². The highest BCUT2D eigenvalue weighted by Crippen LogP contribution is 2.37. The zero-order chi connectivity index (χ0) is 20.0. The Hall–Kier alpha value is -3.21. The maximum Gasteiger partial charge on any atom is 0.322 e. The maximum atomic E-state index is 13.4. The number of likely N-dealkylation sites (tertiary alicyclic amines) is 1. The molecule has 28 heavy (non-hydrogen) atoms. The van der Waals surface area contributed by atoms with Crippen LogP contribution < -0.4 is 0 Å². The summed E-state index contributed by atoms with van der Waals surface area (Å²) >= 11 is 0. The number of nitrogens with zero attached hydrogens (tertiary/aromatic N) is 1. The van der Waals surface area contributed by atoms with Gasteiger partial charge in [0.1, 0.15) is 6.61 Å². The molecule has 0 saturated carbocycles. The molecule has 1 fully saturated rings. The predicted molar refractivity (Wildman–Crippen MR) is 105 cm³/mol. The number of carbonyl (C=O) groups excluding carboxylic acids is 3. The first-order valence-electron chi connectivity index (χ1n) is 9.32. The smallest absolute Gasteiger partial charge is 0.322 e. The summed E-state index contributed by atoms with van der Waals surface area (Å²) in [5.74, 6) is -1.49. The molecule has 0 bridgehead atoms. The molecule has 2 aromatic rings. The van der Waals surface area contributed by atoms with Gasteiger partial charge in [-0.1, -0.05) is 61.2 Å². The number of piperidine rings is 1. The van der Waals surface area contributed by atoms with Gasteiger partial charge in [-0.05, 0) is 37.0 Å². The van der Waals surface area contributed by atoms with Gasteiger partial charge in [0.2, 0.25) is 5.91 Å². The van der Waals surface area contributed by atoms with Crippen molar-refractivity contribution in [3.05, 3.63) is 84.4 Å². The standard InChI is InChI=1S/C23H23NO4/c1-2-16-28-22(27)23(17-18-10-5-3-6-11-18)14-9-15-24(21(23)26)20(25)19-12-7-4-8-13-19/h2-8,10-13H,1,9,14-17H2. The highest BCUT2D eigenvalue weighted by atomic mass is 16.5. The number of hydrogen-bond donors (Lipinski definition) is 0. The molecular formula is C23H23NO4. The molecule has 0 aliphatic carbocycles. The summed E-state index contributed by atoms with van der Waals surface area (Å²) in [7, 11) is 0. The summed E-state index contributed by atoms with van der Waals surface area (Å²) in [4.78, 5) is 40.5. The SMILES string of the molecule is C=CCOC(=O)C1(Cc2ccccc2)CCCN(C(=O)c2ccccc2)C1=O. The lowest BCUT2D eigenvalue weighted by Crippen LogP contribution is -2.56. The van der Waals surface area contributed by atoms with E-state index in [0.29, 0.717) is 18.4 Å². The zero-order valence-corrected chi connectivity index (χ0v) is 15.7. The Kier molecular flexibility index (Phi) is 6.04. The molecular weight excluding hydrogens is 354 g/mol. The van der Waals surface area contributed by atoms with E-state index in [4.69, 9.17) is 4.74 Å². The minimum atomic E-state index is -1.41. The van der Waals surface area contributed by atoms with E-state index >= 15 is 0 Å². The number of imide groups is 1. The monoisotopic (exact) mass is 377 g/mol. The summed E-state index contributed by atoms with van der Waals surface area (Å²) in [6, 6.07) is 18.0. The van der Waals surface area contributed by atoms with Crippen LogP contribution in [0.5, 0.6) is 0 Å². The van der Waals surface area contributed by atoms with Crippen molar-refractivity contribution in [1.82, 2.24) is 4.90 Å². The fourth-order valence-electron chi connectivity index (χ4n) is 3.58. The molecule has 0 N–H and O–H groups in total. The van der Waals surface area contributed by atoms with Crippen LogP contribution in [0.2, 0.25) is 0 Å². The van der Waals surface area contributed by atoms with Crippen LogP contribution in [0, 0.1) is 5.41 Å². The van der Waals surface area contributed by atoms with Crippen LogP contribution in [0.1, 0.15) is 28.8 Å². The quantitative estimate of drug-likeness (QED) is 0.335. The van der Waals surface area contributed by atoms with E-state index in [2.05, 4.69) is 6.58 Å². The molecule has 1 unspecified atom stereocenters. The van der Waals surface area contributed by atoms with Crippen LogP contribution in [0.15, 0.2) is 73.3 Å². The molecule has 3 rings (SSSR count). The molecule has 5 heteroatoms. The highest BCUT2D eigenvalue weighted by molar-refractivity contribution is 6.13. The first-order chi connectivity index (χ1) is 13.6. The molecule has 1 aliphatic heterocycles. The lowest BCUT2D eigenvalue weighted by Gasteiger charge is -2.39. The maximum absolute atomic E-state index is 13.4. The average molecular weight is 377 g/mol. The number of esters is 1. The van der Waals surface area contributed by atoms with Crippen molar-refractivity contribution >= 4 is 17.8 Å². The van der Waals surface area contributed by atoms with E-state index in [-0.39, 0.29) is 25.5 Å². The van der Waals surface area contributed by atoms with Gasteiger partial charge in [-0.15, -0.1) is 0 Å². The first kappa shape index (κ1) is 19.5. The van der Waals surface area contributed by atoms with Gasteiger partial charge in [-0.3, -0.25) is 19.3 Å². The minimum absolute atomic E-state index is 0.0231. The van der Waals surface area contributed by atoms with Crippen LogP contribution in [-0.4, -0.2) is 35.8 Å². The van der Waals surface area contributed by atoms with Gasteiger partial charge in [0.15, 0.2) is 5.41 Å². The number of hydrogen-bond acceptors (Lipinski definition) is 4. The van der Waals surface area contributed by atoms with Gasteiger partial charge < -0.3 is 4.74 Å². The second-order valence-corrected chi connectivity index (χ2v) is 6.86. The van der Waals surface area contributed by atoms with E-state index in [9.17, 15) is 14.4 Å². The highest BCUT2D eigenvalue weighted by Gasteiger charge is 2.52. The second-order valence-electron chi connectivity index (χ2n) is 6.86. The van der Waals surface area contributed by atoms with Crippen molar-refractivity contribution in [3.63, 3.8) is 0 Å². The fraction of sp³-hybridized carbons (Fsp3) is 0.261. The van der Waals surface area contributed by atoms with E-state index in [0.717, 1.165) is 5.56 Å². The molecule has 5 nitrogen and oxygen atoms in total. The number of benzene rings is 2. The molecule has 0 spiro atoms. The molecule has 0 aromatic heterocycles. The average Bonchev–Trinajstić information content (AvgIpc) is 2.74. The van der Waals surface area contributed by atoms with E-state index in [1.54, 1.807) is 30.3 Å². The van der Waals surface area contributed by atoms with Gasteiger partial charge in [-0.2, -0.15) is 0 Å². The third-order valence-corrected chi connectivity index (χ3v) is 4.98. The van der Waals surface area contributed by atoms with Crippen molar-refractivity contribution < 1.29 is 19.1 Å². The van der Waals surface area contributed by atoms with Crippen LogP contribution in [0.25, 0.3) is 0 Å². The van der Waals surface area contributed by atoms with Gasteiger partial charge in [0.05, 0.1) is 0 Å². The van der Waals surface area contributed by atoms with Gasteiger partial charge in [-0.25, -0.2) is 0 Å². The lowest BCUT2D eigenvalue weighted by atomic mass is 9.74. The lowest BCUT2D eigenvalue weighted by molar-refractivity contribution is -0.166. The third kappa shape index (κ3) is 3.88. The Labute approximate surface area is 164 Å². The molecule has 2 aromatic carbocycles. The van der Waals surface area contributed by atoms with Crippen LogP contribution in [0.4, 0.5) is 0 Å². The number of rotatable bonds is 6. The molecule has 1 aliphatic rings. The molecule has 0 radical (unpaired) electrons. The van der Waals surface area contributed by atoms with Crippen molar-refractivity contribution in [2.45, 2.75) is 19.3 Å². The van der Waals surface area contributed by atoms with Crippen LogP contribution in [0.3, 0.4) is 0 Å². The Morgan fingerprint density at radius 2 is 1.71 bits per heavy atom. The van der Waals surface area contributed by atoms with Crippen molar-refractivity contribution in [2.75, 3.05) is 13.2 Å². The fourth-order valence-corrected chi connectivity index (χ4v) is 3.58. The summed E-state index contributed by atoms with van der Waals surface area (Å²) in [6.45, 7) is 3.87. The Morgan fingerprint density at radius 1 is 1.07 bits per heavy atom. The predicted octanol–water partition coefficient (Wildman–Crippen LogP) is 3.41. The van der Waals surface area contributed by atoms with E-state index < -0.39 is 17.3 Å². The van der Waals surface area contributed by atoms with Crippen molar-refractivity contribution in [1.29, 1.82) is 0 Å². The van der Waals surface area contributed by atoms with Crippen LogP contribution in [-0.2, 0) is 20.7 Å². The molecule has 1 atom stereocenters. The van der Waals surface area contributed by atoms with Crippen molar-refractivity contribution in [2.24, 2.45) is 5.41 Å². The topological polar surface area (TPSA) is 63.7 Å². The first-order valence-corrected chi connectivity index (χ1v) is 9.32. The molecule has 144 valence electrons. The van der Waals surface area contributed by atoms with Crippen LogP contribution >= 0.6 is 0 Å². The van der Waals surface area contributed by atoms with Gasteiger partial charge in [0, 0.05) is 12.1 Å². The van der Waals surface area contributed by atoms with Crippen molar-refractivity contribution in [3.8, 4) is 0 Å². The minimum Gasteiger partial charge on any atom is -0.461 e. The summed E-state index contributed by atoms with van der Waals surface area (Å²) in [5, 5.41) is 0. The Morgan fingerprint density at radius 3 is 2.36 bits per heavy atom. The summed E-state index contributed by atoms with van der Waals surface area (Å²) < 4.78 is 5.29. The normalized spacial score (nSPS) is 19.1. The zero-order valence-electron chi connectivity index (χ0n) is 15.7. The third-order valence-electron chi connectivity index (χ3n) is 4.98. The van der Waals surface area contributed by atoms with E-state index in [1.165, 1.54) is 11.0 Å². The summed E-state index contributed by atoms with van der Waals surface area (Å²) in [6.07, 6.45) is 2.55. The summed E-state index contributed by atoms with van der Waals surface area (Å²) in [5.41, 5.74) is -0.140. The number of carbonyl (C=O) groups is 3. The molecule has 1 heterocycles. The number of amides is 2. The van der Waals surface area contributed by atoms with E-state index in [1.807, 2.05) is 30.3 Å². The molecule has 1 saturated heterocycles. The Bertz CT molecular complexity index is 863. The Balaban J connectivity index is 1.95. The van der Waals surface area contributed by atoms with Gasteiger partial charge in [0.25, 0.3) is 5.91 Å². The largest absolute Gasteiger partial charge is 0.461 e.